The van der Waals surface area contributed by atoms with Crippen LogP contribution in [0.1, 0.15) is 18.7 Å². The van der Waals surface area contributed by atoms with Crippen LogP contribution in [0, 0.1) is 5.92 Å². The van der Waals surface area contributed by atoms with E-state index in [-0.39, 0.29) is 17.5 Å². The van der Waals surface area contributed by atoms with Crippen LogP contribution >= 0.6 is 11.3 Å². The molecule has 10 heteroatoms. The average molecular weight is 453 g/mol. The van der Waals surface area contributed by atoms with Gasteiger partial charge in [-0.2, -0.15) is 4.98 Å². The van der Waals surface area contributed by atoms with Crippen molar-refractivity contribution in [3.63, 3.8) is 0 Å². The molecule has 0 bridgehead atoms. The number of hydrogen-bond donors (Lipinski definition) is 1. The van der Waals surface area contributed by atoms with Gasteiger partial charge in [0.15, 0.2) is 0 Å². The molecule has 0 spiro atoms. The van der Waals surface area contributed by atoms with Crippen LogP contribution in [-0.2, 0) is 25.4 Å². The molecule has 4 aromatic rings. The zero-order valence-corrected chi connectivity index (χ0v) is 18.8. The highest BCUT2D eigenvalue weighted by molar-refractivity contribution is 7.13. The second-order valence-electron chi connectivity index (χ2n) is 8.16. The molecular formula is C22H24N6O3S. The van der Waals surface area contributed by atoms with Crippen LogP contribution in [0.15, 0.2) is 45.0 Å². The third-order valence-electron chi connectivity index (χ3n) is 5.98. The van der Waals surface area contributed by atoms with Crippen molar-refractivity contribution in [2.45, 2.75) is 19.4 Å². The summed E-state index contributed by atoms with van der Waals surface area (Å²) >= 11 is 1.57. The Bertz CT molecular complexity index is 1320. The van der Waals surface area contributed by atoms with Crippen LogP contribution < -0.4 is 11.0 Å². The van der Waals surface area contributed by atoms with E-state index in [1.54, 1.807) is 34.6 Å². The molecule has 166 valence electrons. The van der Waals surface area contributed by atoms with E-state index < -0.39 is 0 Å². The third-order valence-corrected chi connectivity index (χ3v) is 6.85. The molecule has 1 aliphatic heterocycles. The van der Waals surface area contributed by atoms with Crippen LogP contribution in [0.25, 0.3) is 21.7 Å². The summed E-state index contributed by atoms with van der Waals surface area (Å²) in [5, 5.41) is 9.07. The summed E-state index contributed by atoms with van der Waals surface area (Å²) in [4.78, 5) is 32.7. The number of nitrogens with zero attached hydrogens (tertiary/aromatic N) is 5. The number of benzene rings is 1. The lowest BCUT2D eigenvalue weighted by Crippen LogP contribution is -2.40. The summed E-state index contributed by atoms with van der Waals surface area (Å²) < 4.78 is 8.60. The van der Waals surface area contributed by atoms with Crippen LogP contribution in [0.4, 0.5) is 5.69 Å². The number of imidazole rings is 1. The monoisotopic (exact) mass is 452 g/mol. The smallest absolute Gasteiger partial charge is 0.328 e. The van der Waals surface area contributed by atoms with Gasteiger partial charge in [0.05, 0.1) is 28.4 Å². The number of carbonyl (C=O) groups is 1. The van der Waals surface area contributed by atoms with Crippen molar-refractivity contribution in [3.05, 3.63) is 52.1 Å². The van der Waals surface area contributed by atoms with E-state index in [9.17, 15) is 9.59 Å². The maximum absolute atomic E-state index is 13.0. The molecule has 1 fully saturated rings. The van der Waals surface area contributed by atoms with Gasteiger partial charge in [-0.25, -0.2) is 4.79 Å². The second kappa shape index (κ2) is 8.36. The fourth-order valence-electron chi connectivity index (χ4n) is 4.26. The number of likely N-dealkylation sites (tertiary alicyclic amines) is 1. The maximum Gasteiger partial charge on any atom is 0.328 e. The number of thiophene rings is 1. The van der Waals surface area contributed by atoms with Gasteiger partial charge in [0, 0.05) is 26.3 Å². The largest absolute Gasteiger partial charge is 0.338 e. The summed E-state index contributed by atoms with van der Waals surface area (Å²) in [6, 6.07) is 9.47. The van der Waals surface area contributed by atoms with Crippen molar-refractivity contribution in [3.8, 4) is 10.7 Å². The molecule has 0 aliphatic carbocycles. The molecule has 3 aromatic heterocycles. The highest BCUT2D eigenvalue weighted by atomic mass is 32.1. The first-order chi connectivity index (χ1) is 15.5. The summed E-state index contributed by atoms with van der Waals surface area (Å²) in [5.41, 5.74) is 2.23. The normalized spacial score (nSPS) is 17.1. The summed E-state index contributed by atoms with van der Waals surface area (Å²) in [5.74, 6) is 1.02. The number of piperidine rings is 1. The Hall–Kier alpha value is -3.24. The highest BCUT2D eigenvalue weighted by Gasteiger charge is 2.27. The Morgan fingerprint density at radius 2 is 2.09 bits per heavy atom. The van der Waals surface area contributed by atoms with Gasteiger partial charge in [-0.1, -0.05) is 11.2 Å². The topological polar surface area (TPSA) is 98.2 Å². The molecule has 0 saturated carbocycles. The molecule has 1 N–H and O–H groups in total. The van der Waals surface area contributed by atoms with E-state index in [1.807, 2.05) is 35.7 Å². The van der Waals surface area contributed by atoms with E-state index in [4.69, 9.17) is 4.52 Å². The minimum absolute atomic E-state index is 0.0141. The quantitative estimate of drug-likeness (QED) is 0.500. The average Bonchev–Trinajstić information content (AvgIpc) is 3.53. The van der Waals surface area contributed by atoms with Gasteiger partial charge >= 0.3 is 5.69 Å². The molecule has 1 aromatic carbocycles. The van der Waals surface area contributed by atoms with Gasteiger partial charge in [-0.05, 0) is 49.0 Å². The lowest BCUT2D eigenvalue weighted by Gasteiger charge is -2.30. The van der Waals surface area contributed by atoms with Crippen LogP contribution in [0.2, 0.25) is 0 Å². The maximum atomic E-state index is 13.0. The molecule has 5 rings (SSSR count). The highest BCUT2D eigenvalue weighted by Crippen LogP contribution is 2.24. The number of rotatable bonds is 5. The van der Waals surface area contributed by atoms with Crippen molar-refractivity contribution in [1.29, 1.82) is 0 Å². The van der Waals surface area contributed by atoms with Gasteiger partial charge < -0.3 is 9.84 Å². The summed E-state index contributed by atoms with van der Waals surface area (Å²) in [6.07, 6.45) is 1.76. The minimum Gasteiger partial charge on any atom is -0.338 e. The lowest BCUT2D eigenvalue weighted by molar-refractivity contribution is -0.121. The molecule has 1 amide bonds. The van der Waals surface area contributed by atoms with Gasteiger partial charge in [0.1, 0.15) is 0 Å². The van der Waals surface area contributed by atoms with Crippen LogP contribution in [0.5, 0.6) is 0 Å². The molecule has 1 atom stereocenters. The van der Waals surface area contributed by atoms with E-state index in [0.717, 1.165) is 35.3 Å². The van der Waals surface area contributed by atoms with Gasteiger partial charge in [0.25, 0.3) is 0 Å². The van der Waals surface area contributed by atoms with Gasteiger partial charge in [0.2, 0.25) is 17.6 Å². The number of fused-ring (bicyclic) bond motifs is 1. The molecule has 0 radical (unpaired) electrons. The first-order valence-corrected chi connectivity index (χ1v) is 11.4. The zero-order valence-electron chi connectivity index (χ0n) is 17.9. The first-order valence-electron chi connectivity index (χ1n) is 10.5. The zero-order chi connectivity index (χ0) is 22.2. The number of aryl methyl sites for hydroxylation is 2. The van der Waals surface area contributed by atoms with Crippen LogP contribution in [-0.4, -0.2) is 43.2 Å². The van der Waals surface area contributed by atoms with Crippen molar-refractivity contribution < 1.29 is 9.32 Å². The SMILES string of the molecule is Cn1c(=O)n(C)c2cc(NC(=O)C3CCCN(Cc4nc(-c5cccs5)no4)C3)ccc21. The fourth-order valence-corrected chi connectivity index (χ4v) is 4.91. The Morgan fingerprint density at radius 1 is 1.25 bits per heavy atom. The number of anilines is 1. The third kappa shape index (κ3) is 3.87. The number of nitrogens with one attached hydrogen (secondary N) is 1. The van der Waals surface area contributed by atoms with E-state index in [1.165, 1.54) is 0 Å². The van der Waals surface area contributed by atoms with Crippen molar-refractivity contribution in [2.75, 3.05) is 18.4 Å². The Balaban J connectivity index is 1.24. The van der Waals surface area contributed by atoms with E-state index in [2.05, 4.69) is 20.4 Å². The lowest BCUT2D eigenvalue weighted by atomic mass is 9.97. The van der Waals surface area contributed by atoms with Crippen molar-refractivity contribution in [1.82, 2.24) is 24.2 Å². The Labute approximate surface area is 188 Å². The van der Waals surface area contributed by atoms with E-state index >= 15 is 0 Å². The standard InChI is InChI=1S/C22H24N6O3S/c1-26-16-8-7-15(11-17(16)27(2)22(26)30)23-21(29)14-5-3-9-28(12-14)13-19-24-20(25-31-19)18-6-4-10-32-18/h4,6-8,10-11,14H,3,5,9,12-13H2,1-2H3,(H,23,29). The first kappa shape index (κ1) is 20.7. The molecule has 1 unspecified atom stereocenters. The Kier molecular flexibility index (Phi) is 5.40. The summed E-state index contributed by atoms with van der Waals surface area (Å²) in [7, 11) is 3.48. The second-order valence-corrected chi connectivity index (χ2v) is 9.10. The number of carbonyl (C=O) groups excluding carboxylic acids is 1. The minimum atomic E-state index is -0.126. The molecule has 1 saturated heterocycles. The van der Waals surface area contributed by atoms with Gasteiger partial charge in [-0.15, -0.1) is 11.3 Å². The van der Waals surface area contributed by atoms with Crippen molar-refractivity contribution >= 4 is 34.0 Å². The molecule has 1 aliphatic rings. The molecule has 4 heterocycles. The fraction of sp³-hybridized carbons (Fsp3) is 0.364. The molecular weight excluding hydrogens is 428 g/mol. The number of aromatic nitrogens is 4. The Morgan fingerprint density at radius 3 is 2.91 bits per heavy atom. The van der Waals surface area contributed by atoms with Crippen molar-refractivity contribution in [2.24, 2.45) is 20.0 Å². The predicted octanol–water partition coefficient (Wildman–Crippen LogP) is 2.84. The van der Waals surface area contributed by atoms with Crippen LogP contribution in [0.3, 0.4) is 0 Å². The molecule has 9 nitrogen and oxygen atoms in total. The molecule has 32 heavy (non-hydrogen) atoms. The number of hydrogen-bond acceptors (Lipinski definition) is 7. The van der Waals surface area contributed by atoms with E-state index in [0.29, 0.717) is 30.5 Å². The predicted molar refractivity (Wildman–Crippen MR) is 122 cm³/mol. The number of amides is 1. The summed E-state index contributed by atoms with van der Waals surface area (Å²) in [6.45, 7) is 2.05. The van der Waals surface area contributed by atoms with Gasteiger partial charge in [-0.3, -0.25) is 18.8 Å².